The van der Waals surface area contributed by atoms with Gasteiger partial charge in [0, 0.05) is 12.0 Å². The van der Waals surface area contributed by atoms with Gasteiger partial charge in [0.05, 0.1) is 24.5 Å². The number of ether oxygens (including phenoxy) is 2. The van der Waals surface area contributed by atoms with Crippen molar-refractivity contribution in [2.75, 3.05) is 17.1 Å². The number of nitrogens with one attached hydrogen (secondary N) is 1. The molecule has 7 nitrogen and oxygen atoms in total. The molecule has 0 saturated heterocycles. The second kappa shape index (κ2) is 7.44. The van der Waals surface area contributed by atoms with Crippen molar-refractivity contribution in [3.8, 4) is 11.5 Å². The number of aryl methyl sites for hydroxylation is 2. The molecule has 0 spiro atoms. The molecule has 1 N–H and O–H groups in total. The number of nitrogens with zero attached hydrogens (tertiary/aromatic N) is 1. The van der Waals surface area contributed by atoms with Crippen molar-refractivity contribution in [2.45, 2.75) is 51.9 Å². The van der Waals surface area contributed by atoms with Crippen molar-refractivity contribution in [3.63, 3.8) is 0 Å². The van der Waals surface area contributed by atoms with E-state index in [0.29, 0.717) is 17.9 Å². The van der Waals surface area contributed by atoms with Gasteiger partial charge in [0.15, 0.2) is 6.10 Å². The molecule has 2 atom stereocenters. The standard InChI is InChI=1S/C23H28N2O5S/c1-14-6-8-19-16(10-14)17(12-23(3,4)30-19)24-22(26)21-13-25(31(5,27)28)18-11-15(2)7-9-20(18)29-21/h6-11,17,21H,12-13H2,1-5H3,(H,24,26)/t17-,21-/m0/s1. The van der Waals surface area contributed by atoms with Crippen molar-refractivity contribution in [1.82, 2.24) is 5.32 Å². The predicted octanol–water partition coefficient (Wildman–Crippen LogP) is 3.25. The van der Waals surface area contributed by atoms with Gasteiger partial charge in [0.25, 0.3) is 5.91 Å². The first-order chi connectivity index (χ1) is 14.4. The van der Waals surface area contributed by atoms with E-state index < -0.39 is 21.7 Å². The van der Waals surface area contributed by atoms with E-state index >= 15 is 0 Å². The summed E-state index contributed by atoms with van der Waals surface area (Å²) in [6.07, 6.45) is 0.775. The SMILES string of the molecule is Cc1ccc2c(c1)[C@@H](NC(=O)[C@@H]1CN(S(C)(=O)=O)c3cc(C)ccc3O1)CC(C)(C)O2. The van der Waals surface area contributed by atoms with Crippen LogP contribution in [0.2, 0.25) is 0 Å². The summed E-state index contributed by atoms with van der Waals surface area (Å²) in [5.74, 6) is 0.774. The van der Waals surface area contributed by atoms with E-state index in [-0.39, 0.29) is 18.5 Å². The minimum Gasteiger partial charge on any atom is -0.487 e. The number of benzene rings is 2. The summed E-state index contributed by atoms with van der Waals surface area (Å²) < 4.78 is 38.1. The van der Waals surface area contributed by atoms with Gasteiger partial charge in [-0.25, -0.2) is 8.42 Å². The van der Waals surface area contributed by atoms with Gasteiger partial charge in [-0.05, 0) is 51.5 Å². The Hall–Kier alpha value is -2.74. The molecule has 1 amide bonds. The average molecular weight is 445 g/mol. The zero-order valence-corrected chi connectivity index (χ0v) is 19.2. The Kier molecular flexibility index (Phi) is 5.16. The molecule has 8 heteroatoms. The van der Waals surface area contributed by atoms with Crippen LogP contribution in [0.25, 0.3) is 0 Å². The van der Waals surface area contributed by atoms with E-state index in [1.165, 1.54) is 4.31 Å². The van der Waals surface area contributed by atoms with Crippen LogP contribution in [0, 0.1) is 13.8 Å². The maximum Gasteiger partial charge on any atom is 0.263 e. The highest BCUT2D eigenvalue weighted by Gasteiger charge is 2.39. The molecular formula is C23H28N2O5S. The Bertz CT molecular complexity index is 1140. The minimum absolute atomic E-state index is 0.0750. The number of carbonyl (C=O) groups is 1. The molecule has 0 aliphatic carbocycles. The number of rotatable bonds is 3. The van der Waals surface area contributed by atoms with E-state index in [1.54, 1.807) is 12.1 Å². The largest absolute Gasteiger partial charge is 0.487 e. The van der Waals surface area contributed by atoms with E-state index in [4.69, 9.17) is 9.47 Å². The highest BCUT2D eigenvalue weighted by atomic mass is 32.2. The summed E-state index contributed by atoms with van der Waals surface area (Å²) >= 11 is 0. The molecule has 31 heavy (non-hydrogen) atoms. The first kappa shape index (κ1) is 21.5. The lowest BCUT2D eigenvalue weighted by Crippen LogP contribution is -2.52. The molecule has 0 radical (unpaired) electrons. The summed E-state index contributed by atoms with van der Waals surface area (Å²) in [5, 5.41) is 3.08. The first-order valence-electron chi connectivity index (χ1n) is 10.3. The van der Waals surface area contributed by atoms with Crippen LogP contribution in [0.15, 0.2) is 36.4 Å². The molecule has 0 aromatic heterocycles. The fraction of sp³-hybridized carbons (Fsp3) is 0.435. The maximum absolute atomic E-state index is 13.2. The molecule has 0 saturated carbocycles. The van der Waals surface area contributed by atoms with Gasteiger partial charge in [-0.2, -0.15) is 0 Å². The topological polar surface area (TPSA) is 84.9 Å². The van der Waals surface area contributed by atoms with Crippen molar-refractivity contribution in [3.05, 3.63) is 53.1 Å². The molecule has 2 aromatic rings. The van der Waals surface area contributed by atoms with Crippen LogP contribution in [0.4, 0.5) is 5.69 Å². The number of carbonyl (C=O) groups excluding carboxylic acids is 1. The lowest BCUT2D eigenvalue weighted by Gasteiger charge is -2.39. The smallest absolute Gasteiger partial charge is 0.263 e. The fourth-order valence-electron chi connectivity index (χ4n) is 4.18. The van der Waals surface area contributed by atoms with Crippen LogP contribution < -0.4 is 19.1 Å². The number of fused-ring (bicyclic) bond motifs is 2. The Labute approximate surface area is 183 Å². The normalized spacial score (nSPS) is 21.9. The molecule has 2 aliphatic heterocycles. The van der Waals surface area contributed by atoms with Gasteiger partial charge < -0.3 is 14.8 Å². The zero-order chi connectivity index (χ0) is 22.6. The average Bonchev–Trinajstić information content (AvgIpc) is 2.66. The Morgan fingerprint density at radius 2 is 1.74 bits per heavy atom. The van der Waals surface area contributed by atoms with Crippen molar-refractivity contribution in [1.29, 1.82) is 0 Å². The predicted molar refractivity (Wildman–Crippen MR) is 119 cm³/mol. The molecule has 166 valence electrons. The van der Waals surface area contributed by atoms with Crippen molar-refractivity contribution < 1.29 is 22.7 Å². The third kappa shape index (κ3) is 4.35. The van der Waals surface area contributed by atoms with Crippen LogP contribution >= 0.6 is 0 Å². The third-order valence-electron chi connectivity index (χ3n) is 5.62. The van der Waals surface area contributed by atoms with Crippen LogP contribution in [0.5, 0.6) is 11.5 Å². The number of sulfonamides is 1. The first-order valence-corrected chi connectivity index (χ1v) is 12.1. The number of hydrogen-bond donors (Lipinski definition) is 1. The van der Waals surface area contributed by atoms with Crippen LogP contribution in [0.1, 0.15) is 43.0 Å². The van der Waals surface area contributed by atoms with E-state index in [1.807, 2.05) is 52.0 Å². The summed E-state index contributed by atoms with van der Waals surface area (Å²) in [6, 6.07) is 10.9. The Morgan fingerprint density at radius 1 is 1.10 bits per heavy atom. The molecule has 0 bridgehead atoms. The zero-order valence-electron chi connectivity index (χ0n) is 18.4. The minimum atomic E-state index is -3.58. The summed E-state index contributed by atoms with van der Waals surface area (Å²) in [7, 11) is -3.58. The van der Waals surface area contributed by atoms with E-state index in [2.05, 4.69) is 5.32 Å². The monoisotopic (exact) mass is 444 g/mol. The molecule has 2 heterocycles. The lowest BCUT2D eigenvalue weighted by atomic mass is 9.89. The highest BCUT2D eigenvalue weighted by Crippen LogP contribution is 2.40. The molecule has 4 rings (SSSR count). The maximum atomic E-state index is 13.2. The van der Waals surface area contributed by atoms with Crippen molar-refractivity contribution in [2.24, 2.45) is 0 Å². The fourth-order valence-corrected chi connectivity index (χ4v) is 5.09. The number of anilines is 1. The highest BCUT2D eigenvalue weighted by molar-refractivity contribution is 7.92. The quantitative estimate of drug-likeness (QED) is 0.786. The van der Waals surface area contributed by atoms with Gasteiger partial charge >= 0.3 is 0 Å². The molecule has 0 unspecified atom stereocenters. The number of amides is 1. The van der Waals surface area contributed by atoms with Crippen LogP contribution in [0.3, 0.4) is 0 Å². The number of hydrogen-bond acceptors (Lipinski definition) is 5. The third-order valence-corrected chi connectivity index (χ3v) is 6.76. The lowest BCUT2D eigenvalue weighted by molar-refractivity contribution is -0.129. The van der Waals surface area contributed by atoms with E-state index in [9.17, 15) is 13.2 Å². The second-order valence-electron chi connectivity index (χ2n) is 9.04. The molecule has 0 fully saturated rings. The van der Waals surface area contributed by atoms with Gasteiger partial charge in [-0.1, -0.05) is 23.8 Å². The summed E-state index contributed by atoms with van der Waals surface area (Å²) in [6.45, 7) is 7.76. The Morgan fingerprint density at radius 3 is 2.42 bits per heavy atom. The Balaban J connectivity index is 1.62. The van der Waals surface area contributed by atoms with E-state index in [0.717, 1.165) is 28.7 Å². The van der Waals surface area contributed by atoms with Gasteiger partial charge in [-0.15, -0.1) is 0 Å². The van der Waals surface area contributed by atoms with Gasteiger partial charge in [-0.3, -0.25) is 9.10 Å². The van der Waals surface area contributed by atoms with Crippen LogP contribution in [-0.4, -0.2) is 38.8 Å². The van der Waals surface area contributed by atoms with Gasteiger partial charge in [0.2, 0.25) is 10.0 Å². The van der Waals surface area contributed by atoms with Crippen molar-refractivity contribution >= 4 is 21.6 Å². The summed E-state index contributed by atoms with van der Waals surface area (Å²) in [5.41, 5.74) is 2.91. The summed E-state index contributed by atoms with van der Waals surface area (Å²) in [4.78, 5) is 13.2. The molecule has 2 aliphatic rings. The molecule has 2 aromatic carbocycles. The van der Waals surface area contributed by atoms with Gasteiger partial charge in [0.1, 0.15) is 17.1 Å². The van der Waals surface area contributed by atoms with Crippen LogP contribution in [-0.2, 0) is 14.8 Å². The second-order valence-corrected chi connectivity index (χ2v) is 10.9. The molecular weight excluding hydrogens is 416 g/mol.